The second kappa shape index (κ2) is 7.83. The SMILES string of the molecule is CN(C)c1ccc(C2C[C@@]3(C)[C@@H](CCC34CCCN4C=O)[C@@H]3CCC4=CC(=O)CCC4=C23)cc1. The molecule has 1 heterocycles. The fourth-order valence-electron chi connectivity index (χ4n) is 8.99. The molecule has 3 fully saturated rings. The highest BCUT2D eigenvalue weighted by molar-refractivity contribution is 5.93. The summed E-state index contributed by atoms with van der Waals surface area (Å²) in [5.74, 6) is 1.88. The van der Waals surface area contributed by atoms with Gasteiger partial charge in [-0.2, -0.15) is 0 Å². The van der Waals surface area contributed by atoms with Crippen molar-refractivity contribution in [2.75, 3.05) is 25.5 Å². The molecule has 5 atom stereocenters. The molecule has 1 spiro atoms. The second-order valence-electron chi connectivity index (χ2n) is 12.0. The molecule has 2 unspecified atom stereocenters. The number of allylic oxidation sites excluding steroid dienone is 4. The van der Waals surface area contributed by atoms with E-state index in [0.29, 0.717) is 30.0 Å². The normalized spacial score (nSPS) is 36.8. The molecule has 0 aromatic heterocycles. The standard InChI is InChI=1S/C30H38N2O2/c1-29-18-26(20-5-8-22(9-6-20)31(2)3)28-24-12-10-23(34)17-21(24)7-11-25(28)27(29)13-15-30(29)14-4-16-32(30)19-33/h5-6,8-9,17,19,25-27H,4,7,10-16,18H2,1-3H3/t25-,26?,27-,29-,30?/m0/s1. The van der Waals surface area contributed by atoms with Gasteiger partial charge in [0, 0.05) is 44.2 Å². The maximum atomic E-state index is 12.3. The highest BCUT2D eigenvalue weighted by atomic mass is 16.1. The largest absolute Gasteiger partial charge is 0.378 e. The summed E-state index contributed by atoms with van der Waals surface area (Å²) in [4.78, 5) is 28.8. The van der Waals surface area contributed by atoms with Crippen LogP contribution < -0.4 is 4.90 Å². The van der Waals surface area contributed by atoms with Gasteiger partial charge in [-0.15, -0.1) is 0 Å². The molecule has 34 heavy (non-hydrogen) atoms. The van der Waals surface area contributed by atoms with Crippen LogP contribution in [0.3, 0.4) is 0 Å². The van der Waals surface area contributed by atoms with Crippen LogP contribution in [0.2, 0.25) is 0 Å². The van der Waals surface area contributed by atoms with Crippen LogP contribution in [-0.2, 0) is 9.59 Å². The van der Waals surface area contributed by atoms with E-state index >= 15 is 0 Å². The first-order valence-corrected chi connectivity index (χ1v) is 13.3. The number of rotatable bonds is 3. The number of ketones is 1. The number of anilines is 1. The van der Waals surface area contributed by atoms with E-state index in [0.717, 1.165) is 57.9 Å². The number of likely N-dealkylation sites (tertiary alicyclic amines) is 1. The molecule has 1 aromatic rings. The molecule has 5 aliphatic rings. The first-order chi connectivity index (χ1) is 16.4. The van der Waals surface area contributed by atoms with Crippen molar-refractivity contribution >= 4 is 17.9 Å². The number of nitrogens with zero attached hydrogens (tertiary/aromatic N) is 2. The van der Waals surface area contributed by atoms with Gasteiger partial charge in [0.15, 0.2) is 5.78 Å². The van der Waals surface area contributed by atoms with E-state index in [1.54, 1.807) is 5.57 Å². The Morgan fingerprint density at radius 1 is 1.06 bits per heavy atom. The van der Waals surface area contributed by atoms with Crippen molar-refractivity contribution in [3.8, 4) is 0 Å². The quantitative estimate of drug-likeness (QED) is 0.550. The third-order valence-electron chi connectivity index (χ3n) is 10.5. The van der Waals surface area contributed by atoms with E-state index in [9.17, 15) is 9.59 Å². The van der Waals surface area contributed by atoms with Gasteiger partial charge in [0.1, 0.15) is 0 Å². The molecule has 4 heteroatoms. The highest BCUT2D eigenvalue weighted by Crippen LogP contribution is 2.69. The van der Waals surface area contributed by atoms with Crippen LogP contribution in [0.5, 0.6) is 0 Å². The van der Waals surface area contributed by atoms with Crippen molar-refractivity contribution in [2.45, 2.75) is 76.2 Å². The Balaban J connectivity index is 1.51. The van der Waals surface area contributed by atoms with Gasteiger partial charge in [-0.05, 0) is 104 Å². The number of fused-ring (bicyclic) bond motifs is 5. The Bertz CT molecular complexity index is 1080. The zero-order chi connectivity index (χ0) is 23.7. The van der Waals surface area contributed by atoms with Crippen molar-refractivity contribution in [1.29, 1.82) is 0 Å². The summed E-state index contributed by atoms with van der Waals surface area (Å²) < 4.78 is 0. The lowest BCUT2D eigenvalue weighted by Gasteiger charge is -2.57. The first-order valence-electron chi connectivity index (χ1n) is 13.3. The predicted octanol–water partition coefficient (Wildman–Crippen LogP) is 5.64. The van der Waals surface area contributed by atoms with Gasteiger partial charge >= 0.3 is 0 Å². The first kappa shape index (κ1) is 22.1. The number of hydrogen-bond donors (Lipinski definition) is 0. The number of carbonyl (C=O) groups excluding carboxylic acids is 2. The van der Waals surface area contributed by atoms with Gasteiger partial charge in [0.05, 0.1) is 0 Å². The molecule has 1 saturated heterocycles. The molecule has 1 amide bonds. The van der Waals surface area contributed by atoms with E-state index in [1.165, 1.54) is 28.8 Å². The smallest absolute Gasteiger partial charge is 0.210 e. The molecular formula is C30H38N2O2. The van der Waals surface area contributed by atoms with Crippen molar-refractivity contribution in [3.63, 3.8) is 0 Å². The van der Waals surface area contributed by atoms with Gasteiger partial charge < -0.3 is 9.80 Å². The molecule has 0 bridgehead atoms. The molecule has 6 rings (SSSR count). The van der Waals surface area contributed by atoms with E-state index < -0.39 is 0 Å². The van der Waals surface area contributed by atoms with Crippen molar-refractivity contribution in [2.24, 2.45) is 17.3 Å². The van der Waals surface area contributed by atoms with Crippen molar-refractivity contribution in [1.82, 2.24) is 4.90 Å². The summed E-state index contributed by atoms with van der Waals surface area (Å²) in [7, 11) is 4.19. The number of amides is 1. The van der Waals surface area contributed by atoms with Crippen molar-refractivity contribution < 1.29 is 9.59 Å². The summed E-state index contributed by atoms with van der Waals surface area (Å²) in [6.07, 6.45) is 12.7. The summed E-state index contributed by atoms with van der Waals surface area (Å²) in [6, 6.07) is 9.19. The summed E-state index contributed by atoms with van der Waals surface area (Å²) in [5.41, 5.74) is 7.28. The number of benzene rings is 1. The Morgan fingerprint density at radius 2 is 1.85 bits per heavy atom. The van der Waals surface area contributed by atoms with Crippen LogP contribution in [0.1, 0.15) is 76.2 Å². The highest BCUT2D eigenvalue weighted by Gasteiger charge is 2.65. The summed E-state index contributed by atoms with van der Waals surface area (Å²) in [5, 5.41) is 0. The molecule has 0 radical (unpaired) electrons. The molecule has 1 aromatic carbocycles. The lowest BCUT2D eigenvalue weighted by atomic mass is 9.50. The molecule has 180 valence electrons. The molecule has 4 nitrogen and oxygen atoms in total. The third kappa shape index (κ3) is 2.96. The average molecular weight is 459 g/mol. The van der Waals surface area contributed by atoms with E-state index in [1.807, 2.05) is 6.08 Å². The fraction of sp³-hybridized carbons (Fsp3) is 0.600. The zero-order valence-electron chi connectivity index (χ0n) is 21.0. The topological polar surface area (TPSA) is 40.6 Å². The van der Waals surface area contributed by atoms with Crippen LogP contribution in [0, 0.1) is 17.3 Å². The van der Waals surface area contributed by atoms with Gasteiger partial charge in [-0.25, -0.2) is 0 Å². The Labute approximate surface area is 204 Å². The maximum absolute atomic E-state index is 12.3. The van der Waals surface area contributed by atoms with Gasteiger partial charge in [-0.3, -0.25) is 9.59 Å². The molecule has 2 saturated carbocycles. The van der Waals surface area contributed by atoms with Crippen LogP contribution in [0.25, 0.3) is 0 Å². The molecule has 1 aliphatic heterocycles. The molecular weight excluding hydrogens is 420 g/mol. The summed E-state index contributed by atoms with van der Waals surface area (Å²) >= 11 is 0. The van der Waals surface area contributed by atoms with Crippen LogP contribution in [0.15, 0.2) is 47.1 Å². The van der Waals surface area contributed by atoms with E-state index in [2.05, 4.69) is 55.1 Å². The molecule has 4 aliphatic carbocycles. The Hall–Kier alpha value is -2.36. The minimum atomic E-state index is 0.0239. The second-order valence-corrected chi connectivity index (χ2v) is 12.0. The van der Waals surface area contributed by atoms with Crippen LogP contribution in [0.4, 0.5) is 5.69 Å². The van der Waals surface area contributed by atoms with Gasteiger partial charge in [-0.1, -0.05) is 24.6 Å². The van der Waals surface area contributed by atoms with Crippen LogP contribution in [-0.4, -0.2) is 43.3 Å². The summed E-state index contributed by atoms with van der Waals surface area (Å²) in [6.45, 7) is 3.45. The number of hydrogen-bond acceptors (Lipinski definition) is 3. The number of carbonyl (C=O) groups is 2. The van der Waals surface area contributed by atoms with Crippen molar-refractivity contribution in [3.05, 3.63) is 52.6 Å². The fourth-order valence-corrected chi connectivity index (χ4v) is 8.99. The predicted molar refractivity (Wildman–Crippen MR) is 136 cm³/mol. The van der Waals surface area contributed by atoms with Gasteiger partial charge in [0.25, 0.3) is 0 Å². The third-order valence-corrected chi connectivity index (χ3v) is 10.5. The minimum Gasteiger partial charge on any atom is -0.378 e. The van der Waals surface area contributed by atoms with Gasteiger partial charge in [0.2, 0.25) is 6.41 Å². The lowest BCUT2D eigenvalue weighted by Crippen LogP contribution is -2.57. The monoisotopic (exact) mass is 458 g/mol. The van der Waals surface area contributed by atoms with E-state index in [4.69, 9.17) is 0 Å². The maximum Gasteiger partial charge on any atom is 0.210 e. The Kier molecular flexibility index (Phi) is 5.09. The Morgan fingerprint density at radius 3 is 2.59 bits per heavy atom. The minimum absolute atomic E-state index is 0.0239. The van der Waals surface area contributed by atoms with E-state index in [-0.39, 0.29) is 11.0 Å². The zero-order valence-corrected chi connectivity index (χ0v) is 21.0. The van der Waals surface area contributed by atoms with Crippen LogP contribution >= 0.6 is 0 Å². The average Bonchev–Trinajstić information content (AvgIpc) is 3.39. The molecule has 0 N–H and O–H groups in total. The lowest BCUT2D eigenvalue weighted by molar-refractivity contribution is -0.128.